The molecular formula is C11H5ClF6N2O2. The predicted octanol–water partition coefficient (Wildman–Crippen LogP) is 3.45. The van der Waals surface area contributed by atoms with Gasteiger partial charge in [-0.1, -0.05) is 11.6 Å². The van der Waals surface area contributed by atoms with Gasteiger partial charge in [0.05, 0.1) is 11.0 Å². The Kier molecular flexibility index (Phi) is 3.98. The number of aromatic nitrogens is 2. The van der Waals surface area contributed by atoms with Crippen LogP contribution in [-0.4, -0.2) is 28.4 Å². The van der Waals surface area contributed by atoms with Crippen LogP contribution in [0, 0.1) is 0 Å². The van der Waals surface area contributed by atoms with Crippen LogP contribution in [0.1, 0.15) is 0 Å². The smallest absolute Gasteiger partial charge is 0.424 e. The first-order valence-corrected chi connectivity index (χ1v) is 5.85. The van der Waals surface area contributed by atoms with E-state index in [1.165, 1.54) is 18.2 Å². The quantitative estimate of drug-likeness (QED) is 0.866. The standard InChI is InChI=1S/C11H5ClF6N2O2/c12-4-1-2-5-6(3-4)19-7(21)8(20-5)22-10(15,9(13)14)11(16,17)18/h1-3,9H,(H,19,21). The molecule has 0 saturated carbocycles. The Balaban J connectivity index is 2.53. The van der Waals surface area contributed by atoms with Crippen molar-refractivity contribution in [1.82, 2.24) is 9.97 Å². The van der Waals surface area contributed by atoms with E-state index in [0.29, 0.717) is 0 Å². The van der Waals surface area contributed by atoms with Gasteiger partial charge in [0.2, 0.25) is 0 Å². The lowest BCUT2D eigenvalue weighted by Crippen LogP contribution is -2.53. The van der Waals surface area contributed by atoms with Gasteiger partial charge >= 0.3 is 24.0 Å². The fourth-order valence-electron chi connectivity index (χ4n) is 1.48. The number of nitrogens with zero attached hydrogens (tertiary/aromatic N) is 1. The number of aromatic amines is 1. The molecule has 11 heteroatoms. The van der Waals surface area contributed by atoms with E-state index in [1.807, 2.05) is 4.98 Å². The van der Waals surface area contributed by atoms with Gasteiger partial charge < -0.3 is 9.72 Å². The predicted molar refractivity (Wildman–Crippen MR) is 63.9 cm³/mol. The molecule has 22 heavy (non-hydrogen) atoms. The highest BCUT2D eigenvalue weighted by Gasteiger charge is 2.66. The van der Waals surface area contributed by atoms with Crippen LogP contribution in [-0.2, 0) is 0 Å². The molecule has 0 saturated heterocycles. The number of halogens is 7. The van der Waals surface area contributed by atoms with Gasteiger partial charge in [0.15, 0.2) is 0 Å². The molecule has 0 fully saturated rings. The molecule has 0 bridgehead atoms. The highest BCUT2D eigenvalue weighted by molar-refractivity contribution is 6.31. The Morgan fingerprint density at radius 1 is 1.23 bits per heavy atom. The summed E-state index contributed by atoms with van der Waals surface area (Å²) in [6.45, 7) is 0. The molecule has 0 spiro atoms. The molecule has 0 radical (unpaired) electrons. The van der Waals surface area contributed by atoms with Crippen molar-refractivity contribution < 1.29 is 31.1 Å². The number of nitrogens with one attached hydrogen (secondary N) is 1. The molecule has 1 aromatic carbocycles. The maximum Gasteiger partial charge on any atom is 0.466 e. The summed E-state index contributed by atoms with van der Waals surface area (Å²) in [5.41, 5.74) is -1.53. The summed E-state index contributed by atoms with van der Waals surface area (Å²) < 4.78 is 79.0. The molecule has 1 atom stereocenters. The monoisotopic (exact) mass is 346 g/mol. The van der Waals surface area contributed by atoms with Crippen molar-refractivity contribution >= 4 is 22.6 Å². The SMILES string of the molecule is O=c1[nH]c2cc(Cl)ccc2nc1OC(F)(C(F)F)C(F)(F)F. The second-order valence-corrected chi connectivity index (χ2v) is 4.51. The number of rotatable bonds is 3. The lowest BCUT2D eigenvalue weighted by atomic mass is 10.3. The largest absolute Gasteiger partial charge is 0.466 e. The average Bonchev–Trinajstić information content (AvgIpc) is 2.38. The van der Waals surface area contributed by atoms with Crippen molar-refractivity contribution in [2.75, 3.05) is 0 Å². The minimum absolute atomic E-state index is 0.0124. The minimum Gasteiger partial charge on any atom is -0.424 e. The summed E-state index contributed by atoms with van der Waals surface area (Å²) in [6.07, 6.45) is -10.6. The van der Waals surface area contributed by atoms with Crippen LogP contribution in [0.2, 0.25) is 5.02 Å². The molecule has 2 aromatic rings. The lowest BCUT2D eigenvalue weighted by molar-refractivity contribution is -0.341. The van der Waals surface area contributed by atoms with Crippen molar-refractivity contribution in [3.63, 3.8) is 0 Å². The molecule has 4 nitrogen and oxygen atoms in total. The number of fused-ring (bicyclic) bond motifs is 1. The van der Waals surface area contributed by atoms with Crippen LogP contribution in [0.5, 0.6) is 5.88 Å². The summed E-state index contributed by atoms with van der Waals surface area (Å²) >= 11 is 5.63. The van der Waals surface area contributed by atoms with Gasteiger partial charge in [-0.25, -0.2) is 13.8 Å². The topological polar surface area (TPSA) is 55.0 Å². The molecule has 0 amide bonds. The van der Waals surface area contributed by atoms with E-state index in [2.05, 4.69) is 9.72 Å². The summed E-state index contributed by atoms with van der Waals surface area (Å²) in [7, 11) is 0. The van der Waals surface area contributed by atoms with E-state index in [0.717, 1.165) is 0 Å². The summed E-state index contributed by atoms with van der Waals surface area (Å²) in [5, 5.41) is 0.182. The molecule has 0 aliphatic rings. The Morgan fingerprint density at radius 3 is 2.41 bits per heavy atom. The third-order valence-corrected chi connectivity index (χ3v) is 2.77. The van der Waals surface area contributed by atoms with Crippen molar-refractivity contribution in [3.05, 3.63) is 33.6 Å². The molecule has 1 N–H and O–H groups in total. The van der Waals surface area contributed by atoms with Crippen molar-refractivity contribution in [2.45, 2.75) is 18.5 Å². The molecule has 0 aliphatic heterocycles. The molecule has 1 aromatic heterocycles. The van der Waals surface area contributed by atoms with E-state index in [9.17, 15) is 31.1 Å². The number of H-pyrrole nitrogens is 1. The van der Waals surface area contributed by atoms with Gasteiger partial charge in [0.1, 0.15) is 0 Å². The van der Waals surface area contributed by atoms with Crippen molar-refractivity contribution in [2.24, 2.45) is 0 Å². The van der Waals surface area contributed by atoms with Crippen LogP contribution in [0.15, 0.2) is 23.0 Å². The van der Waals surface area contributed by atoms with Crippen molar-refractivity contribution in [1.29, 1.82) is 0 Å². The number of hydrogen-bond acceptors (Lipinski definition) is 3. The Labute approximate surface area is 122 Å². The van der Waals surface area contributed by atoms with Crippen LogP contribution in [0.4, 0.5) is 26.3 Å². The lowest BCUT2D eigenvalue weighted by Gasteiger charge is -2.26. The Bertz CT molecular complexity index is 762. The van der Waals surface area contributed by atoms with E-state index in [1.54, 1.807) is 0 Å². The molecular weight excluding hydrogens is 342 g/mol. The van der Waals surface area contributed by atoms with Crippen LogP contribution < -0.4 is 10.3 Å². The van der Waals surface area contributed by atoms with E-state index in [-0.39, 0.29) is 16.1 Å². The Morgan fingerprint density at radius 2 is 1.86 bits per heavy atom. The highest BCUT2D eigenvalue weighted by Crippen LogP contribution is 2.39. The fourth-order valence-corrected chi connectivity index (χ4v) is 1.65. The summed E-state index contributed by atoms with van der Waals surface area (Å²) in [4.78, 5) is 16.8. The second-order valence-electron chi connectivity index (χ2n) is 4.08. The number of benzene rings is 1. The summed E-state index contributed by atoms with van der Waals surface area (Å²) in [6, 6.07) is 3.67. The van der Waals surface area contributed by atoms with Crippen LogP contribution in [0.25, 0.3) is 11.0 Å². The number of alkyl halides is 6. The number of ether oxygens (including phenoxy) is 1. The zero-order chi connectivity index (χ0) is 16.7. The van der Waals surface area contributed by atoms with E-state index < -0.39 is 29.9 Å². The highest BCUT2D eigenvalue weighted by atomic mass is 35.5. The van der Waals surface area contributed by atoms with Gasteiger partial charge in [0.25, 0.3) is 5.88 Å². The molecule has 120 valence electrons. The maximum absolute atomic E-state index is 13.4. The molecule has 2 rings (SSSR count). The third-order valence-electron chi connectivity index (χ3n) is 2.54. The second kappa shape index (κ2) is 5.34. The minimum atomic E-state index is -6.07. The van der Waals surface area contributed by atoms with Crippen molar-refractivity contribution in [3.8, 4) is 5.88 Å². The average molecular weight is 347 g/mol. The first-order valence-electron chi connectivity index (χ1n) is 5.47. The van der Waals surface area contributed by atoms with Gasteiger partial charge in [-0.2, -0.15) is 17.6 Å². The first-order chi connectivity index (χ1) is 10.0. The molecule has 1 heterocycles. The van der Waals surface area contributed by atoms with E-state index in [4.69, 9.17) is 11.6 Å². The van der Waals surface area contributed by atoms with Crippen LogP contribution >= 0.6 is 11.6 Å². The normalized spacial score (nSPS) is 15.1. The van der Waals surface area contributed by atoms with E-state index >= 15 is 0 Å². The number of hydrogen-bond donors (Lipinski definition) is 1. The van der Waals surface area contributed by atoms with Gasteiger partial charge in [0, 0.05) is 5.02 Å². The molecule has 0 aliphatic carbocycles. The summed E-state index contributed by atoms with van der Waals surface area (Å²) in [5.74, 6) is -6.83. The molecule has 1 unspecified atom stereocenters. The maximum atomic E-state index is 13.4. The zero-order valence-corrected chi connectivity index (χ0v) is 11.0. The fraction of sp³-hybridized carbons (Fsp3) is 0.273. The van der Waals surface area contributed by atoms with Gasteiger partial charge in [-0.15, -0.1) is 0 Å². The zero-order valence-electron chi connectivity index (χ0n) is 10.2. The van der Waals surface area contributed by atoms with Gasteiger partial charge in [-0.3, -0.25) is 4.79 Å². The van der Waals surface area contributed by atoms with Gasteiger partial charge in [-0.05, 0) is 18.2 Å². The van der Waals surface area contributed by atoms with Crippen LogP contribution in [0.3, 0.4) is 0 Å². The third kappa shape index (κ3) is 2.82. The Hall–Kier alpha value is -1.97. The first kappa shape index (κ1) is 16.4.